The van der Waals surface area contributed by atoms with Crippen molar-refractivity contribution < 1.29 is 18.8 Å². The van der Waals surface area contributed by atoms with Gasteiger partial charge in [-0.3, -0.25) is 9.69 Å². The number of anilines is 1. The Bertz CT molecular complexity index is 1150. The Morgan fingerprint density at radius 1 is 1.24 bits per heavy atom. The number of hydrogen-bond donors (Lipinski definition) is 1. The van der Waals surface area contributed by atoms with Crippen molar-refractivity contribution in [2.45, 2.75) is 26.3 Å². The van der Waals surface area contributed by atoms with Crippen LogP contribution in [0.25, 0.3) is 11.4 Å². The number of hydrogen-bond acceptors (Lipinski definition) is 7. The molecule has 1 aliphatic rings. The van der Waals surface area contributed by atoms with Gasteiger partial charge in [-0.2, -0.15) is 4.98 Å². The number of aromatic nitrogens is 2. The smallest absolute Gasteiger partial charge is 0.337 e. The fourth-order valence-electron chi connectivity index (χ4n) is 3.88. The average Bonchev–Trinajstić information content (AvgIpc) is 3.29. The van der Waals surface area contributed by atoms with Crippen molar-refractivity contribution in [1.82, 2.24) is 15.0 Å². The number of aryl methyl sites for hydroxylation is 1. The van der Waals surface area contributed by atoms with Crippen LogP contribution in [0.1, 0.15) is 34.7 Å². The van der Waals surface area contributed by atoms with Gasteiger partial charge in [0.25, 0.3) is 0 Å². The molecule has 0 saturated carbocycles. The molecular formula is C24H25BrN4O4. The summed E-state index contributed by atoms with van der Waals surface area (Å²) in [5.74, 6) is 0.400. The minimum atomic E-state index is -0.434. The lowest BCUT2D eigenvalue weighted by Gasteiger charge is -2.31. The van der Waals surface area contributed by atoms with Crippen molar-refractivity contribution in [3.8, 4) is 11.4 Å². The zero-order valence-corrected chi connectivity index (χ0v) is 20.1. The Balaban J connectivity index is 1.38. The first-order chi connectivity index (χ1) is 15.9. The molecule has 1 atom stereocenters. The van der Waals surface area contributed by atoms with Crippen LogP contribution < -0.4 is 5.32 Å². The molecule has 1 fully saturated rings. The maximum Gasteiger partial charge on any atom is 0.337 e. The molecule has 0 radical (unpaired) electrons. The third kappa shape index (κ3) is 5.66. The highest BCUT2D eigenvalue weighted by molar-refractivity contribution is 9.10. The van der Waals surface area contributed by atoms with Crippen molar-refractivity contribution in [3.05, 3.63) is 64.0 Å². The fraction of sp³-hybridized carbons (Fsp3) is 0.333. The quantitative estimate of drug-likeness (QED) is 0.487. The highest BCUT2D eigenvalue weighted by Gasteiger charge is 2.27. The van der Waals surface area contributed by atoms with Crippen LogP contribution in [0.5, 0.6) is 0 Å². The number of piperidine rings is 1. The molecule has 1 amide bonds. The first-order valence-electron chi connectivity index (χ1n) is 10.7. The molecule has 1 saturated heterocycles. The second-order valence-corrected chi connectivity index (χ2v) is 9.02. The van der Waals surface area contributed by atoms with Crippen LogP contribution in [-0.2, 0) is 16.1 Å². The second-order valence-electron chi connectivity index (χ2n) is 8.10. The number of nitrogens with one attached hydrogen (secondary N) is 1. The monoisotopic (exact) mass is 512 g/mol. The summed E-state index contributed by atoms with van der Waals surface area (Å²) in [5.41, 5.74) is 2.79. The number of amides is 1. The Hall–Kier alpha value is -3.04. The van der Waals surface area contributed by atoms with Gasteiger partial charge in [-0.05, 0) is 68.3 Å². The lowest BCUT2D eigenvalue weighted by atomic mass is 9.96. The Kier molecular flexibility index (Phi) is 7.20. The van der Waals surface area contributed by atoms with E-state index in [1.165, 1.54) is 7.11 Å². The Morgan fingerprint density at radius 3 is 2.79 bits per heavy atom. The number of benzene rings is 2. The van der Waals surface area contributed by atoms with Gasteiger partial charge in [-0.15, -0.1) is 0 Å². The number of carbonyl (C=O) groups is 2. The molecule has 0 aliphatic carbocycles. The number of carbonyl (C=O) groups excluding carboxylic acids is 2. The molecular weight excluding hydrogens is 488 g/mol. The molecule has 1 unspecified atom stereocenters. The van der Waals surface area contributed by atoms with Crippen molar-refractivity contribution in [2.75, 3.05) is 25.5 Å². The minimum Gasteiger partial charge on any atom is -0.465 e. The second kappa shape index (κ2) is 10.3. The summed E-state index contributed by atoms with van der Waals surface area (Å²) in [7, 11) is 1.34. The Morgan fingerprint density at radius 2 is 2.03 bits per heavy atom. The summed E-state index contributed by atoms with van der Waals surface area (Å²) in [6.07, 6.45) is 1.69. The SMILES string of the molecule is COC(=O)c1ccc(C)c(NC(=O)C2CCCN(Cc3nc(-c4ccc(Br)cc4)no3)C2)c1. The summed E-state index contributed by atoms with van der Waals surface area (Å²) in [4.78, 5) is 31.5. The van der Waals surface area contributed by atoms with Gasteiger partial charge < -0.3 is 14.6 Å². The molecule has 3 aromatic rings. The Labute approximate surface area is 200 Å². The summed E-state index contributed by atoms with van der Waals surface area (Å²) < 4.78 is 11.2. The number of likely N-dealkylation sites (tertiary alicyclic amines) is 1. The lowest BCUT2D eigenvalue weighted by Crippen LogP contribution is -2.40. The number of rotatable bonds is 6. The van der Waals surface area contributed by atoms with Gasteiger partial charge >= 0.3 is 5.97 Å². The lowest BCUT2D eigenvalue weighted by molar-refractivity contribution is -0.121. The van der Waals surface area contributed by atoms with Crippen LogP contribution in [0.2, 0.25) is 0 Å². The highest BCUT2D eigenvalue weighted by Crippen LogP contribution is 2.24. The van der Waals surface area contributed by atoms with Crippen molar-refractivity contribution in [2.24, 2.45) is 5.92 Å². The van der Waals surface area contributed by atoms with E-state index in [9.17, 15) is 9.59 Å². The predicted molar refractivity (Wildman–Crippen MR) is 127 cm³/mol. The van der Waals surface area contributed by atoms with E-state index in [2.05, 4.69) is 36.3 Å². The first kappa shape index (κ1) is 23.1. The van der Waals surface area contributed by atoms with Gasteiger partial charge in [-0.1, -0.05) is 27.2 Å². The van der Waals surface area contributed by atoms with Crippen molar-refractivity contribution >= 4 is 33.5 Å². The van der Waals surface area contributed by atoms with E-state index < -0.39 is 5.97 Å². The topological polar surface area (TPSA) is 97.6 Å². The molecule has 0 spiro atoms. The van der Waals surface area contributed by atoms with Crippen molar-refractivity contribution in [1.29, 1.82) is 0 Å². The first-order valence-corrected chi connectivity index (χ1v) is 11.5. The van der Waals surface area contributed by atoms with E-state index in [1.54, 1.807) is 18.2 Å². The molecule has 4 rings (SSSR count). The van der Waals surface area contributed by atoms with Gasteiger partial charge in [0.05, 0.1) is 25.1 Å². The number of halogens is 1. The van der Waals surface area contributed by atoms with Gasteiger partial charge in [0.1, 0.15) is 0 Å². The van der Waals surface area contributed by atoms with E-state index in [-0.39, 0.29) is 11.8 Å². The minimum absolute atomic E-state index is 0.0640. The van der Waals surface area contributed by atoms with Gasteiger partial charge in [0.15, 0.2) is 0 Å². The molecule has 2 heterocycles. The summed E-state index contributed by atoms with van der Waals surface area (Å²) >= 11 is 3.42. The summed E-state index contributed by atoms with van der Waals surface area (Å²) in [5, 5.41) is 7.07. The molecule has 172 valence electrons. The van der Waals surface area contributed by atoms with Crippen LogP contribution in [0.4, 0.5) is 5.69 Å². The van der Waals surface area contributed by atoms with Gasteiger partial charge in [0.2, 0.25) is 17.6 Å². The number of esters is 1. The third-order valence-electron chi connectivity index (χ3n) is 5.72. The van der Waals surface area contributed by atoms with Gasteiger partial charge in [0, 0.05) is 22.3 Å². The van der Waals surface area contributed by atoms with E-state index in [0.29, 0.717) is 36.1 Å². The molecule has 1 aromatic heterocycles. The van der Waals surface area contributed by atoms with Crippen LogP contribution in [0.3, 0.4) is 0 Å². The van der Waals surface area contributed by atoms with Crippen LogP contribution in [-0.4, -0.2) is 47.1 Å². The maximum atomic E-state index is 13.0. The normalized spacial score (nSPS) is 16.4. The van der Waals surface area contributed by atoms with E-state index in [0.717, 1.165) is 35.0 Å². The molecule has 9 heteroatoms. The molecule has 8 nitrogen and oxygen atoms in total. The molecule has 2 aromatic carbocycles. The molecule has 1 N–H and O–H groups in total. The van der Waals surface area contributed by atoms with Crippen LogP contribution >= 0.6 is 15.9 Å². The number of methoxy groups -OCH3 is 1. The largest absolute Gasteiger partial charge is 0.465 e. The highest BCUT2D eigenvalue weighted by atomic mass is 79.9. The standard InChI is InChI=1S/C24H25BrN4O4/c1-15-5-6-17(24(31)32-2)12-20(15)26-23(30)18-4-3-11-29(13-18)14-21-27-22(28-33-21)16-7-9-19(25)10-8-16/h5-10,12,18H,3-4,11,13-14H2,1-2H3,(H,26,30). The number of nitrogens with zero attached hydrogens (tertiary/aromatic N) is 3. The maximum absolute atomic E-state index is 13.0. The molecule has 1 aliphatic heterocycles. The van der Waals surface area contributed by atoms with E-state index in [1.807, 2.05) is 31.2 Å². The predicted octanol–water partition coefficient (Wildman–Crippen LogP) is 4.44. The third-order valence-corrected chi connectivity index (χ3v) is 6.25. The van der Waals surface area contributed by atoms with Crippen LogP contribution in [0, 0.1) is 12.8 Å². The fourth-order valence-corrected chi connectivity index (χ4v) is 4.14. The average molecular weight is 513 g/mol. The van der Waals surface area contributed by atoms with E-state index >= 15 is 0 Å². The zero-order valence-electron chi connectivity index (χ0n) is 18.5. The van der Waals surface area contributed by atoms with Crippen molar-refractivity contribution in [3.63, 3.8) is 0 Å². The summed E-state index contributed by atoms with van der Waals surface area (Å²) in [6.45, 7) is 3.83. The molecule has 0 bridgehead atoms. The summed E-state index contributed by atoms with van der Waals surface area (Å²) in [6, 6.07) is 12.9. The molecule has 33 heavy (non-hydrogen) atoms. The zero-order chi connectivity index (χ0) is 23.4. The van der Waals surface area contributed by atoms with Gasteiger partial charge in [-0.25, -0.2) is 4.79 Å². The van der Waals surface area contributed by atoms with E-state index in [4.69, 9.17) is 9.26 Å². The van der Waals surface area contributed by atoms with Crippen LogP contribution in [0.15, 0.2) is 51.5 Å². The number of ether oxygens (including phenoxy) is 1.